The molecule has 2 atom stereocenters. The molecule has 4 nitrogen and oxygen atoms in total. The summed E-state index contributed by atoms with van der Waals surface area (Å²) in [4.78, 5) is 11.1. The van der Waals surface area contributed by atoms with E-state index < -0.39 is 18.0 Å². The van der Waals surface area contributed by atoms with E-state index in [-0.39, 0.29) is 13.0 Å². The van der Waals surface area contributed by atoms with Crippen molar-refractivity contribution in [3.63, 3.8) is 0 Å². The van der Waals surface area contributed by atoms with E-state index in [1.807, 2.05) is 0 Å². The molecule has 0 radical (unpaired) electrons. The van der Waals surface area contributed by atoms with Gasteiger partial charge in [-0.1, -0.05) is 63.3 Å². The van der Waals surface area contributed by atoms with Gasteiger partial charge in [0.2, 0.25) is 0 Å². The molecule has 25 heavy (non-hydrogen) atoms. The Morgan fingerprint density at radius 1 is 0.920 bits per heavy atom. The molecule has 2 unspecified atom stereocenters. The Labute approximate surface area is 153 Å². The monoisotopic (exact) mass is 354 g/mol. The number of hydrogen-bond donors (Lipinski definition) is 3. The number of unbranched alkanes of at least 4 members (excludes halogenated alkanes) is 7. The number of aliphatic hydroxyl groups excluding tert-OH is 2. The summed E-state index contributed by atoms with van der Waals surface area (Å²) in [6.07, 6.45) is 20.0. The first kappa shape index (κ1) is 23.9. The van der Waals surface area contributed by atoms with Crippen LogP contribution < -0.4 is 0 Å². The Morgan fingerprint density at radius 2 is 1.52 bits per heavy atom. The quantitative estimate of drug-likeness (QED) is 0.258. The highest BCUT2D eigenvalue weighted by atomic mass is 16.4. The number of allylic oxidation sites excluding steroid dienone is 4. The highest BCUT2D eigenvalue weighted by Gasteiger charge is 2.20. The fraction of sp³-hybridized carbons (Fsp3) is 0.762. The van der Waals surface area contributed by atoms with Gasteiger partial charge in [-0.2, -0.15) is 0 Å². The number of rotatable bonds is 17. The Morgan fingerprint density at radius 3 is 2.08 bits per heavy atom. The minimum Gasteiger partial charge on any atom is -0.481 e. The molecule has 0 aromatic carbocycles. The first-order chi connectivity index (χ1) is 12.1. The van der Waals surface area contributed by atoms with E-state index in [2.05, 4.69) is 31.2 Å². The largest absolute Gasteiger partial charge is 0.481 e. The van der Waals surface area contributed by atoms with Crippen molar-refractivity contribution in [1.82, 2.24) is 0 Å². The minimum atomic E-state index is -0.924. The summed E-state index contributed by atoms with van der Waals surface area (Å²) < 4.78 is 0. The van der Waals surface area contributed by atoms with E-state index in [1.54, 1.807) is 0 Å². The van der Waals surface area contributed by atoms with Gasteiger partial charge in [0.25, 0.3) is 0 Å². The van der Waals surface area contributed by atoms with Gasteiger partial charge in [-0.05, 0) is 44.9 Å². The van der Waals surface area contributed by atoms with Crippen LogP contribution in [0.4, 0.5) is 0 Å². The van der Waals surface area contributed by atoms with E-state index in [9.17, 15) is 9.90 Å². The number of aliphatic hydroxyl groups is 2. The van der Waals surface area contributed by atoms with Crippen molar-refractivity contribution in [1.29, 1.82) is 0 Å². The van der Waals surface area contributed by atoms with Crippen LogP contribution in [0.3, 0.4) is 0 Å². The average Bonchev–Trinajstić information content (AvgIpc) is 2.60. The Kier molecular flexibility index (Phi) is 16.9. The smallest absolute Gasteiger partial charge is 0.306 e. The molecule has 0 aliphatic carbocycles. The summed E-state index contributed by atoms with van der Waals surface area (Å²) in [6, 6.07) is 0. The molecular formula is C21H38O4. The van der Waals surface area contributed by atoms with Crippen molar-refractivity contribution in [2.75, 3.05) is 6.61 Å². The summed E-state index contributed by atoms with van der Waals surface area (Å²) in [5.41, 5.74) is 0. The van der Waals surface area contributed by atoms with Crippen LogP contribution in [0.5, 0.6) is 0 Å². The van der Waals surface area contributed by atoms with Crippen LogP contribution in [0.25, 0.3) is 0 Å². The number of carboxylic acid groups (broad SMARTS) is 1. The molecule has 0 spiro atoms. The van der Waals surface area contributed by atoms with Gasteiger partial charge in [-0.25, -0.2) is 0 Å². The van der Waals surface area contributed by atoms with Gasteiger partial charge in [0.1, 0.15) is 0 Å². The molecule has 0 rings (SSSR count). The van der Waals surface area contributed by atoms with Crippen molar-refractivity contribution < 1.29 is 20.1 Å². The van der Waals surface area contributed by atoms with Gasteiger partial charge < -0.3 is 15.3 Å². The second-order valence-electron chi connectivity index (χ2n) is 6.77. The number of carbonyl (C=O) groups is 1. The van der Waals surface area contributed by atoms with Crippen molar-refractivity contribution in [2.45, 2.75) is 90.1 Å². The molecule has 0 aromatic heterocycles. The van der Waals surface area contributed by atoms with Crippen molar-refractivity contribution in [3.8, 4) is 0 Å². The normalized spacial score (nSPS) is 14.4. The molecule has 0 amide bonds. The molecule has 0 fully saturated rings. The van der Waals surface area contributed by atoms with Gasteiger partial charge in [0, 0.05) is 0 Å². The van der Waals surface area contributed by atoms with Crippen molar-refractivity contribution >= 4 is 5.97 Å². The van der Waals surface area contributed by atoms with Crippen LogP contribution in [0.15, 0.2) is 24.3 Å². The zero-order chi connectivity index (χ0) is 18.8. The molecule has 0 aliphatic heterocycles. The molecule has 0 aromatic rings. The summed E-state index contributed by atoms with van der Waals surface area (Å²) in [5.74, 6) is -1.43. The Balaban J connectivity index is 3.55. The van der Waals surface area contributed by atoms with E-state index in [0.29, 0.717) is 6.42 Å². The SMILES string of the molecule is CCCCCC=CCC=CCCCCCCC(CC(O)CO)C(=O)O. The predicted octanol–water partition coefficient (Wildman–Crippen LogP) is 4.85. The molecule has 0 heterocycles. The van der Waals surface area contributed by atoms with Gasteiger partial charge in [-0.15, -0.1) is 0 Å². The van der Waals surface area contributed by atoms with Crippen LogP contribution in [0, 0.1) is 5.92 Å². The van der Waals surface area contributed by atoms with E-state index >= 15 is 0 Å². The van der Waals surface area contributed by atoms with E-state index in [1.165, 1.54) is 25.7 Å². The average molecular weight is 355 g/mol. The molecular weight excluding hydrogens is 316 g/mol. The lowest BCUT2D eigenvalue weighted by atomic mass is 9.95. The molecule has 4 heteroatoms. The molecule has 3 N–H and O–H groups in total. The molecule has 0 saturated carbocycles. The van der Waals surface area contributed by atoms with Crippen molar-refractivity contribution in [2.24, 2.45) is 5.92 Å². The minimum absolute atomic E-state index is 0.139. The summed E-state index contributed by atoms with van der Waals surface area (Å²) in [6.45, 7) is 1.85. The predicted molar refractivity (Wildman–Crippen MR) is 104 cm³/mol. The number of aliphatic carboxylic acids is 1. The lowest BCUT2D eigenvalue weighted by Crippen LogP contribution is -2.23. The van der Waals surface area contributed by atoms with Gasteiger partial charge >= 0.3 is 5.97 Å². The summed E-state index contributed by atoms with van der Waals surface area (Å²) >= 11 is 0. The maximum absolute atomic E-state index is 11.1. The summed E-state index contributed by atoms with van der Waals surface area (Å²) in [7, 11) is 0. The zero-order valence-electron chi connectivity index (χ0n) is 15.9. The first-order valence-corrected chi connectivity index (χ1v) is 9.93. The fourth-order valence-electron chi connectivity index (χ4n) is 2.77. The molecule has 0 saturated heterocycles. The highest BCUT2D eigenvalue weighted by molar-refractivity contribution is 5.69. The maximum Gasteiger partial charge on any atom is 0.306 e. The second-order valence-corrected chi connectivity index (χ2v) is 6.77. The summed E-state index contributed by atoms with van der Waals surface area (Å²) in [5, 5.41) is 27.3. The number of hydrogen-bond acceptors (Lipinski definition) is 3. The second kappa shape index (κ2) is 17.7. The molecule has 0 bridgehead atoms. The standard InChI is InChI=1S/C21H38O4/c1-2-3-4-5-6-7-8-9-10-11-12-13-14-15-16-19(21(24)25)17-20(23)18-22/h6-7,9-10,19-20,22-23H,2-5,8,11-18H2,1H3,(H,24,25). The Hall–Kier alpha value is -1.13. The first-order valence-electron chi connectivity index (χ1n) is 9.93. The molecule has 146 valence electrons. The van der Waals surface area contributed by atoms with E-state index in [0.717, 1.165) is 38.5 Å². The lowest BCUT2D eigenvalue weighted by molar-refractivity contribution is -0.143. The maximum atomic E-state index is 11.1. The van der Waals surface area contributed by atoms with Crippen LogP contribution in [-0.2, 0) is 4.79 Å². The highest BCUT2D eigenvalue weighted by Crippen LogP contribution is 2.17. The third-order valence-electron chi connectivity index (χ3n) is 4.37. The Bertz CT molecular complexity index is 363. The van der Waals surface area contributed by atoms with Crippen molar-refractivity contribution in [3.05, 3.63) is 24.3 Å². The van der Waals surface area contributed by atoms with Gasteiger partial charge in [-0.3, -0.25) is 4.79 Å². The van der Waals surface area contributed by atoms with Gasteiger partial charge in [0.15, 0.2) is 0 Å². The van der Waals surface area contributed by atoms with Crippen LogP contribution >= 0.6 is 0 Å². The van der Waals surface area contributed by atoms with Crippen LogP contribution in [0.2, 0.25) is 0 Å². The third-order valence-corrected chi connectivity index (χ3v) is 4.37. The number of carboxylic acids is 1. The zero-order valence-corrected chi connectivity index (χ0v) is 15.9. The van der Waals surface area contributed by atoms with Crippen LogP contribution in [0.1, 0.15) is 84.0 Å². The van der Waals surface area contributed by atoms with E-state index in [4.69, 9.17) is 10.2 Å². The third kappa shape index (κ3) is 16.1. The molecule has 0 aliphatic rings. The lowest BCUT2D eigenvalue weighted by Gasteiger charge is -2.14. The fourth-order valence-corrected chi connectivity index (χ4v) is 2.77. The van der Waals surface area contributed by atoms with Gasteiger partial charge in [0.05, 0.1) is 18.6 Å². The topological polar surface area (TPSA) is 77.8 Å². The van der Waals surface area contributed by atoms with Crippen LogP contribution in [-0.4, -0.2) is 34.0 Å².